The Morgan fingerprint density at radius 2 is 1.58 bits per heavy atom. The summed E-state index contributed by atoms with van der Waals surface area (Å²) in [6, 6.07) is 0. The third kappa shape index (κ3) is 8.12. The molecule has 0 spiro atoms. The highest BCUT2D eigenvalue weighted by atomic mass is 16.6. The van der Waals surface area contributed by atoms with Crippen molar-refractivity contribution >= 4 is 5.78 Å². The number of aliphatic hydroxyl groups is 3. The van der Waals surface area contributed by atoms with E-state index in [2.05, 4.69) is 20.1 Å². The number of carbonyl (C=O) groups excluding carboxylic acids is 1. The monoisotopic (exact) mass is 746 g/mol. The third-order valence-electron chi connectivity index (χ3n) is 13.9. The molecule has 0 aromatic carbocycles. The molecule has 8 rings (SSSR count). The van der Waals surface area contributed by atoms with E-state index in [0.717, 1.165) is 49.7 Å². The van der Waals surface area contributed by atoms with E-state index in [1.54, 1.807) is 7.11 Å². The number of carbonyl (C=O) groups is 1. The van der Waals surface area contributed by atoms with Crippen LogP contribution in [0.25, 0.3) is 0 Å². The minimum Gasteiger partial charge on any atom is -0.394 e. The van der Waals surface area contributed by atoms with E-state index >= 15 is 0 Å². The minimum atomic E-state index is -0.956. The Morgan fingerprint density at radius 3 is 2.40 bits per heavy atom. The van der Waals surface area contributed by atoms with Gasteiger partial charge in [0.05, 0.1) is 98.7 Å². The molecule has 0 aliphatic carbocycles. The van der Waals surface area contributed by atoms with Crippen LogP contribution >= 0.6 is 0 Å². The highest BCUT2D eigenvalue weighted by Gasteiger charge is 2.53. The summed E-state index contributed by atoms with van der Waals surface area (Å²) in [6.07, 6.45) is 2.73. The molecule has 10 unspecified atom stereocenters. The van der Waals surface area contributed by atoms with Gasteiger partial charge in [-0.15, -0.1) is 0 Å². The van der Waals surface area contributed by atoms with Crippen LogP contribution in [0.5, 0.6) is 0 Å². The number of ketones is 1. The minimum absolute atomic E-state index is 0.00889. The van der Waals surface area contributed by atoms with Gasteiger partial charge in [0.15, 0.2) is 0 Å². The topological polar surface area (TPSA) is 152 Å². The predicted octanol–water partition coefficient (Wildman–Crippen LogP) is 3.35. The SMILES string of the molecule is C=C1CC2CC3CO[C@@H]4C[C@@H](OC5CCC(CC(=O)CC6C(C[C@H]7OC(CCC1O2)CC(C)C7=C)O[C@H](C[C@H](O)CO)[C@@H]6OC)O[C@@H]54)[C@H]1O[C@H]3CC1O. The number of methoxy groups -OCH3 is 1. The summed E-state index contributed by atoms with van der Waals surface area (Å²) in [5.41, 5.74) is 2.14. The van der Waals surface area contributed by atoms with Gasteiger partial charge in [-0.1, -0.05) is 20.1 Å². The molecule has 8 saturated heterocycles. The van der Waals surface area contributed by atoms with E-state index < -0.39 is 30.5 Å². The summed E-state index contributed by atoms with van der Waals surface area (Å²) in [5.74, 6) is 0.0892. The summed E-state index contributed by atoms with van der Waals surface area (Å²) >= 11 is 0. The van der Waals surface area contributed by atoms with Crippen molar-refractivity contribution in [3.05, 3.63) is 24.3 Å². The zero-order valence-electron chi connectivity index (χ0n) is 31.5. The van der Waals surface area contributed by atoms with E-state index in [-0.39, 0.29) is 117 Å². The molecule has 8 aliphatic heterocycles. The Balaban J connectivity index is 1.06. The second kappa shape index (κ2) is 16.3. The lowest BCUT2D eigenvalue weighted by Crippen LogP contribution is -2.57. The van der Waals surface area contributed by atoms with Gasteiger partial charge in [0.1, 0.15) is 18.0 Å². The molecule has 53 heavy (non-hydrogen) atoms. The van der Waals surface area contributed by atoms with Crippen molar-refractivity contribution in [3.63, 3.8) is 0 Å². The lowest BCUT2D eigenvalue weighted by atomic mass is 9.81. The van der Waals surface area contributed by atoms with Crippen LogP contribution in [0.4, 0.5) is 0 Å². The fourth-order valence-corrected chi connectivity index (χ4v) is 11.0. The summed E-state index contributed by atoms with van der Waals surface area (Å²) in [6.45, 7) is 11.2. The molecular formula is C41H62O12. The second-order valence-electron chi connectivity index (χ2n) is 17.5. The molecule has 8 aliphatic rings. The molecule has 0 aromatic heterocycles. The molecule has 8 fully saturated rings. The Morgan fingerprint density at radius 1 is 0.774 bits per heavy atom. The molecule has 0 radical (unpaired) electrons. The Kier molecular flexibility index (Phi) is 11.9. The lowest BCUT2D eigenvalue weighted by molar-refractivity contribution is -0.251. The smallest absolute Gasteiger partial charge is 0.135 e. The van der Waals surface area contributed by atoms with Crippen molar-refractivity contribution in [1.82, 2.24) is 0 Å². The Bertz CT molecular complexity index is 1330. The van der Waals surface area contributed by atoms with Gasteiger partial charge < -0.3 is 53.2 Å². The number of hydrogen-bond acceptors (Lipinski definition) is 12. The number of fused-ring (bicyclic) bond motifs is 13. The first-order chi connectivity index (χ1) is 25.6. The molecule has 0 amide bonds. The van der Waals surface area contributed by atoms with Gasteiger partial charge >= 0.3 is 0 Å². The zero-order valence-corrected chi connectivity index (χ0v) is 31.5. The van der Waals surface area contributed by atoms with Crippen molar-refractivity contribution in [3.8, 4) is 0 Å². The van der Waals surface area contributed by atoms with Crippen LogP contribution in [0, 0.1) is 17.8 Å². The van der Waals surface area contributed by atoms with Gasteiger partial charge in [0.2, 0.25) is 0 Å². The molecule has 0 aromatic rings. The number of ether oxygens (including phenoxy) is 8. The first kappa shape index (κ1) is 38.6. The third-order valence-corrected chi connectivity index (χ3v) is 13.9. The number of rotatable bonds is 4. The van der Waals surface area contributed by atoms with E-state index in [9.17, 15) is 20.1 Å². The molecule has 3 N–H and O–H groups in total. The molecular weight excluding hydrogens is 684 g/mol. The summed E-state index contributed by atoms with van der Waals surface area (Å²) in [4.78, 5) is 14.0. The zero-order chi connectivity index (χ0) is 37.0. The molecule has 12 heteroatoms. The molecule has 8 heterocycles. The van der Waals surface area contributed by atoms with Gasteiger partial charge in [-0.3, -0.25) is 4.79 Å². The van der Waals surface area contributed by atoms with E-state index in [1.807, 2.05) is 0 Å². The maximum atomic E-state index is 14.0. The Labute approximate surface area is 313 Å². The van der Waals surface area contributed by atoms with E-state index in [4.69, 9.17) is 37.9 Å². The molecule has 298 valence electrons. The predicted molar refractivity (Wildman–Crippen MR) is 191 cm³/mol. The summed E-state index contributed by atoms with van der Waals surface area (Å²) in [7, 11) is 1.62. The highest BCUT2D eigenvalue weighted by Crippen LogP contribution is 2.45. The van der Waals surface area contributed by atoms with Crippen LogP contribution in [0.15, 0.2) is 24.3 Å². The quantitative estimate of drug-likeness (QED) is 0.362. The average molecular weight is 747 g/mol. The number of aliphatic hydroxyl groups excluding tert-OH is 3. The van der Waals surface area contributed by atoms with Gasteiger partial charge in [-0.25, -0.2) is 0 Å². The van der Waals surface area contributed by atoms with Crippen LogP contribution in [-0.2, 0) is 42.7 Å². The van der Waals surface area contributed by atoms with Crippen molar-refractivity contribution < 1.29 is 58.0 Å². The molecule has 12 nitrogen and oxygen atoms in total. The van der Waals surface area contributed by atoms with Crippen molar-refractivity contribution in [2.45, 2.75) is 188 Å². The first-order valence-electron chi connectivity index (χ1n) is 20.5. The van der Waals surface area contributed by atoms with Gasteiger partial charge in [0, 0.05) is 57.5 Å². The largest absolute Gasteiger partial charge is 0.394 e. The molecule has 0 saturated carbocycles. The second-order valence-corrected chi connectivity index (χ2v) is 17.5. The van der Waals surface area contributed by atoms with Crippen molar-refractivity contribution in [2.24, 2.45) is 17.8 Å². The van der Waals surface area contributed by atoms with Crippen LogP contribution in [-0.4, -0.2) is 139 Å². The van der Waals surface area contributed by atoms with Gasteiger partial charge in [-0.05, 0) is 62.0 Å². The lowest BCUT2D eigenvalue weighted by Gasteiger charge is -2.47. The van der Waals surface area contributed by atoms with Crippen LogP contribution < -0.4 is 0 Å². The summed E-state index contributed by atoms with van der Waals surface area (Å²) < 4.78 is 52.8. The maximum absolute atomic E-state index is 14.0. The van der Waals surface area contributed by atoms with Gasteiger partial charge in [0.25, 0.3) is 0 Å². The fourth-order valence-electron chi connectivity index (χ4n) is 11.0. The van der Waals surface area contributed by atoms with Crippen molar-refractivity contribution in [2.75, 3.05) is 20.3 Å². The Hall–Kier alpha value is -1.29. The van der Waals surface area contributed by atoms with Crippen LogP contribution in [0.2, 0.25) is 0 Å². The highest BCUT2D eigenvalue weighted by molar-refractivity contribution is 5.79. The van der Waals surface area contributed by atoms with Gasteiger partial charge in [-0.2, -0.15) is 0 Å². The number of Topliss-reactive ketones (excluding diaryl/α,β-unsaturated/α-hetero) is 1. The van der Waals surface area contributed by atoms with E-state index in [1.165, 1.54) is 0 Å². The number of hydrogen-bond donors (Lipinski definition) is 3. The summed E-state index contributed by atoms with van der Waals surface area (Å²) in [5, 5.41) is 31.3. The normalized spacial score (nSPS) is 49.9. The standard InChI is InChI=1S/C41H62O12/c1-20-9-26-5-7-31-21(2)10-28(49-31)11-23-19-47-36-17-38(40-30(45)15-34(23)53-40)51-32-8-6-27(50-41(32)36)12-24(43)13-29-35(16-33(48-26)22(20)3)52-37(39(29)46-4)14-25(44)18-42/h20,23,25-42,44-45H,2-3,5-19H2,1,4H3/t20?,23?,25-,26?,27?,28?,29?,30?,31?,32?,33+,34-,35?,36+,37+,38+,39+,40-,41-/m0/s1. The van der Waals surface area contributed by atoms with E-state index in [0.29, 0.717) is 32.3 Å². The fraction of sp³-hybridized carbons (Fsp3) is 0.878. The van der Waals surface area contributed by atoms with Crippen LogP contribution in [0.3, 0.4) is 0 Å². The molecule has 19 atom stereocenters. The molecule has 11 bridgehead atoms. The first-order valence-corrected chi connectivity index (χ1v) is 20.5. The average Bonchev–Trinajstić information content (AvgIpc) is 3.80. The van der Waals surface area contributed by atoms with Crippen molar-refractivity contribution in [1.29, 1.82) is 0 Å². The maximum Gasteiger partial charge on any atom is 0.135 e. The van der Waals surface area contributed by atoms with Crippen LogP contribution in [0.1, 0.15) is 90.4 Å².